The number of nitrogens with zero attached hydrogens (tertiary/aromatic N) is 4. The quantitative estimate of drug-likeness (QED) is 0.706. The number of nitrogens with one attached hydrogen (secondary N) is 2. The van der Waals surface area contributed by atoms with E-state index in [0.717, 1.165) is 51.6 Å². The molecule has 27 heavy (non-hydrogen) atoms. The highest BCUT2D eigenvalue weighted by molar-refractivity contribution is 5.92. The lowest BCUT2D eigenvalue weighted by Crippen LogP contribution is -2.45. The van der Waals surface area contributed by atoms with Crippen LogP contribution in [0.2, 0.25) is 0 Å². The molecule has 9 heteroatoms. The van der Waals surface area contributed by atoms with Crippen molar-refractivity contribution in [3.63, 3.8) is 0 Å². The van der Waals surface area contributed by atoms with Crippen molar-refractivity contribution in [1.29, 1.82) is 0 Å². The van der Waals surface area contributed by atoms with Crippen molar-refractivity contribution in [3.05, 3.63) is 11.9 Å². The molecule has 0 spiro atoms. The second-order valence-corrected chi connectivity index (χ2v) is 7.30. The van der Waals surface area contributed by atoms with Gasteiger partial charge in [0.15, 0.2) is 5.69 Å². The Balaban J connectivity index is 0.00000261. The van der Waals surface area contributed by atoms with E-state index in [1.165, 1.54) is 0 Å². The molecule has 2 N–H and O–H groups in total. The van der Waals surface area contributed by atoms with E-state index in [1.54, 1.807) is 11.1 Å². The molecule has 2 amide bonds. The molecular weight excluding hydrogens is 368 g/mol. The van der Waals surface area contributed by atoms with E-state index < -0.39 is 0 Å². The summed E-state index contributed by atoms with van der Waals surface area (Å²) >= 11 is 0. The Morgan fingerprint density at radius 3 is 2.81 bits per heavy atom. The molecule has 2 aliphatic rings. The molecule has 1 unspecified atom stereocenters. The number of hydrogen-bond acceptors (Lipinski definition) is 5. The van der Waals surface area contributed by atoms with Crippen LogP contribution < -0.4 is 10.6 Å². The largest absolute Gasteiger partial charge is 0.356 e. The van der Waals surface area contributed by atoms with Gasteiger partial charge in [-0.3, -0.25) is 9.59 Å². The fourth-order valence-corrected chi connectivity index (χ4v) is 3.69. The summed E-state index contributed by atoms with van der Waals surface area (Å²) in [6.45, 7) is 5.90. The fourth-order valence-electron chi connectivity index (χ4n) is 3.69. The van der Waals surface area contributed by atoms with E-state index in [2.05, 4.69) is 27.9 Å². The van der Waals surface area contributed by atoms with Gasteiger partial charge in [-0.25, -0.2) is 4.68 Å². The molecule has 2 aliphatic heterocycles. The van der Waals surface area contributed by atoms with Crippen molar-refractivity contribution in [2.24, 2.45) is 5.92 Å². The monoisotopic (exact) mass is 398 g/mol. The minimum atomic E-state index is -0.121. The van der Waals surface area contributed by atoms with E-state index >= 15 is 0 Å². The molecule has 3 rings (SSSR count). The summed E-state index contributed by atoms with van der Waals surface area (Å²) in [5.41, 5.74) is 0.385. The van der Waals surface area contributed by atoms with Gasteiger partial charge in [0.1, 0.15) is 0 Å². The van der Waals surface area contributed by atoms with E-state index in [-0.39, 0.29) is 30.1 Å². The Kier molecular flexibility index (Phi) is 8.50. The zero-order valence-corrected chi connectivity index (χ0v) is 16.8. The van der Waals surface area contributed by atoms with Crippen molar-refractivity contribution < 1.29 is 9.59 Å². The molecule has 1 atom stereocenters. The number of rotatable bonds is 6. The summed E-state index contributed by atoms with van der Waals surface area (Å²) in [4.78, 5) is 26.8. The maximum Gasteiger partial charge on any atom is 0.276 e. The lowest BCUT2D eigenvalue weighted by Gasteiger charge is -2.31. The van der Waals surface area contributed by atoms with Gasteiger partial charge in [-0.15, -0.1) is 17.5 Å². The van der Waals surface area contributed by atoms with Crippen LogP contribution in [-0.2, 0) is 4.79 Å². The Morgan fingerprint density at radius 1 is 1.30 bits per heavy atom. The first-order chi connectivity index (χ1) is 12.7. The third-order valence-electron chi connectivity index (χ3n) is 5.32. The summed E-state index contributed by atoms with van der Waals surface area (Å²) in [6, 6.07) is 0.309. The molecule has 3 heterocycles. The Hall–Kier alpha value is -1.67. The lowest BCUT2D eigenvalue weighted by molar-refractivity contribution is -0.126. The van der Waals surface area contributed by atoms with Gasteiger partial charge < -0.3 is 15.5 Å². The molecule has 0 bridgehead atoms. The molecule has 1 aromatic rings. The third-order valence-corrected chi connectivity index (χ3v) is 5.32. The van der Waals surface area contributed by atoms with E-state index in [0.29, 0.717) is 31.4 Å². The Bertz CT molecular complexity index is 617. The number of hydrogen-bond donors (Lipinski definition) is 2. The number of halogens is 1. The van der Waals surface area contributed by atoms with Crippen LogP contribution in [-0.4, -0.2) is 64.4 Å². The second kappa shape index (κ2) is 10.6. The molecule has 0 aliphatic carbocycles. The smallest absolute Gasteiger partial charge is 0.276 e. The summed E-state index contributed by atoms with van der Waals surface area (Å²) in [5.74, 6) is -0.172. The SMILES string of the molecule is CCCCNC(=O)C1CCCN(C(=O)c2cn(C3CCNCC3)nn2)C1.Cl. The average molecular weight is 399 g/mol. The predicted octanol–water partition coefficient (Wildman–Crippen LogP) is 1.39. The number of carbonyl (C=O) groups excluding carboxylic acids is 2. The normalized spacial score (nSPS) is 20.8. The van der Waals surface area contributed by atoms with Gasteiger partial charge in [-0.2, -0.15) is 0 Å². The van der Waals surface area contributed by atoms with Gasteiger partial charge in [0.2, 0.25) is 5.91 Å². The molecule has 8 nitrogen and oxygen atoms in total. The van der Waals surface area contributed by atoms with Crippen LogP contribution in [0.5, 0.6) is 0 Å². The van der Waals surface area contributed by atoms with Crippen LogP contribution in [0, 0.1) is 5.92 Å². The van der Waals surface area contributed by atoms with E-state index in [1.807, 2.05) is 4.68 Å². The van der Waals surface area contributed by atoms with Gasteiger partial charge >= 0.3 is 0 Å². The van der Waals surface area contributed by atoms with Gasteiger partial charge in [-0.05, 0) is 45.2 Å². The number of amides is 2. The molecule has 2 saturated heterocycles. The first kappa shape index (κ1) is 21.6. The molecule has 0 aromatic carbocycles. The summed E-state index contributed by atoms with van der Waals surface area (Å²) < 4.78 is 1.83. The van der Waals surface area contributed by atoms with Gasteiger partial charge in [0.25, 0.3) is 5.91 Å². The van der Waals surface area contributed by atoms with Crippen molar-refractivity contribution in [2.45, 2.75) is 51.5 Å². The number of carbonyl (C=O) groups is 2. The molecule has 0 saturated carbocycles. The number of likely N-dealkylation sites (tertiary alicyclic amines) is 1. The third kappa shape index (κ3) is 5.65. The maximum absolute atomic E-state index is 12.8. The number of aromatic nitrogens is 3. The van der Waals surface area contributed by atoms with Crippen LogP contribution in [0.4, 0.5) is 0 Å². The maximum atomic E-state index is 12.8. The zero-order valence-electron chi connectivity index (χ0n) is 16.0. The average Bonchev–Trinajstić information content (AvgIpc) is 3.18. The summed E-state index contributed by atoms with van der Waals surface area (Å²) in [6.07, 6.45) is 7.50. The van der Waals surface area contributed by atoms with Crippen molar-refractivity contribution >= 4 is 24.2 Å². The minimum absolute atomic E-state index is 0. The van der Waals surface area contributed by atoms with Crippen molar-refractivity contribution in [2.75, 3.05) is 32.7 Å². The highest BCUT2D eigenvalue weighted by Gasteiger charge is 2.30. The first-order valence-electron chi connectivity index (χ1n) is 9.88. The van der Waals surface area contributed by atoms with Gasteiger partial charge in [-0.1, -0.05) is 18.6 Å². The van der Waals surface area contributed by atoms with E-state index in [4.69, 9.17) is 0 Å². The lowest BCUT2D eigenvalue weighted by atomic mass is 9.97. The van der Waals surface area contributed by atoms with Crippen LogP contribution >= 0.6 is 12.4 Å². The highest BCUT2D eigenvalue weighted by atomic mass is 35.5. The van der Waals surface area contributed by atoms with Crippen LogP contribution in [0.15, 0.2) is 6.20 Å². The molecule has 152 valence electrons. The highest BCUT2D eigenvalue weighted by Crippen LogP contribution is 2.20. The summed E-state index contributed by atoms with van der Waals surface area (Å²) in [7, 11) is 0. The predicted molar refractivity (Wildman–Crippen MR) is 105 cm³/mol. The zero-order chi connectivity index (χ0) is 18.4. The van der Waals surface area contributed by atoms with E-state index in [9.17, 15) is 9.59 Å². The fraction of sp³-hybridized carbons (Fsp3) is 0.778. The molecule has 2 fully saturated rings. The second-order valence-electron chi connectivity index (χ2n) is 7.30. The Morgan fingerprint density at radius 2 is 2.07 bits per heavy atom. The number of piperidine rings is 2. The summed E-state index contributed by atoms with van der Waals surface area (Å²) in [5, 5.41) is 14.6. The van der Waals surface area contributed by atoms with Crippen LogP contribution in [0.1, 0.15) is 62.0 Å². The Labute approximate surface area is 166 Å². The molecule has 1 aromatic heterocycles. The minimum Gasteiger partial charge on any atom is -0.356 e. The van der Waals surface area contributed by atoms with Crippen LogP contribution in [0.25, 0.3) is 0 Å². The number of unbranched alkanes of at least 4 members (excludes halogenated alkanes) is 1. The standard InChI is InChI=1S/C18H30N6O2.ClH/c1-2-3-8-20-17(25)14-5-4-11-23(12-14)18(26)16-13-24(22-21-16)15-6-9-19-10-7-15;/h13-15,19H,2-12H2,1H3,(H,20,25);1H. The topological polar surface area (TPSA) is 92.2 Å². The van der Waals surface area contributed by atoms with Gasteiger partial charge in [0, 0.05) is 19.6 Å². The van der Waals surface area contributed by atoms with Gasteiger partial charge in [0.05, 0.1) is 18.2 Å². The van der Waals surface area contributed by atoms with Crippen molar-refractivity contribution in [1.82, 2.24) is 30.5 Å². The van der Waals surface area contributed by atoms with Crippen LogP contribution in [0.3, 0.4) is 0 Å². The molecular formula is C18H31ClN6O2. The van der Waals surface area contributed by atoms with Crippen molar-refractivity contribution in [3.8, 4) is 0 Å². The first-order valence-corrected chi connectivity index (χ1v) is 9.88. The molecule has 0 radical (unpaired) electrons.